The number of nitrogens with one attached hydrogen (secondary N) is 1. The van der Waals surface area contributed by atoms with Crippen molar-refractivity contribution >= 4 is 0 Å². The maximum atomic E-state index is 3.76. The van der Waals surface area contributed by atoms with Gasteiger partial charge in [-0.15, -0.1) is 6.58 Å². The molecule has 0 aliphatic heterocycles. The van der Waals surface area contributed by atoms with Crippen LogP contribution < -0.4 is 5.32 Å². The van der Waals surface area contributed by atoms with E-state index in [0.717, 1.165) is 19.0 Å². The van der Waals surface area contributed by atoms with E-state index in [9.17, 15) is 0 Å². The zero-order valence-corrected chi connectivity index (χ0v) is 11.3. The summed E-state index contributed by atoms with van der Waals surface area (Å²) in [5.41, 5.74) is 0.380. The maximum Gasteiger partial charge on any atom is 0.00684 e. The predicted molar refractivity (Wildman–Crippen MR) is 71.7 cm³/mol. The third kappa shape index (κ3) is 6.29. The van der Waals surface area contributed by atoms with Crippen LogP contribution in [-0.2, 0) is 0 Å². The maximum absolute atomic E-state index is 3.76. The summed E-state index contributed by atoms with van der Waals surface area (Å²) in [5, 5.41) is 3.63. The molecule has 0 aromatic rings. The molecule has 0 radical (unpaired) electrons. The predicted octanol–water partition coefficient (Wildman–Crippen LogP) is 2.66. The highest BCUT2D eigenvalue weighted by atomic mass is 15.1. The summed E-state index contributed by atoms with van der Waals surface area (Å²) in [6.07, 6.45) is 7.13. The van der Waals surface area contributed by atoms with Crippen molar-refractivity contribution in [1.29, 1.82) is 0 Å². The second-order valence-electron chi connectivity index (χ2n) is 5.99. The molecule has 1 fully saturated rings. The molecule has 1 aliphatic carbocycles. The second kappa shape index (κ2) is 6.41. The van der Waals surface area contributed by atoms with Gasteiger partial charge in [-0.3, -0.25) is 0 Å². The topological polar surface area (TPSA) is 15.3 Å². The number of hydrogen-bond acceptors (Lipinski definition) is 2. The van der Waals surface area contributed by atoms with Crippen molar-refractivity contribution in [3.63, 3.8) is 0 Å². The van der Waals surface area contributed by atoms with E-state index < -0.39 is 0 Å². The molecule has 0 spiro atoms. The Kier molecular flexibility index (Phi) is 5.50. The molecule has 0 bridgehead atoms. The largest absolute Gasteiger partial charge is 0.313 e. The van der Waals surface area contributed by atoms with Crippen molar-refractivity contribution in [2.24, 2.45) is 5.41 Å². The number of rotatable bonds is 9. The number of hydrogen-bond donors (Lipinski definition) is 1. The molecule has 0 heterocycles. The van der Waals surface area contributed by atoms with Crippen molar-refractivity contribution in [1.82, 2.24) is 10.2 Å². The third-order valence-electron chi connectivity index (χ3n) is 3.09. The normalized spacial score (nSPS) is 16.8. The van der Waals surface area contributed by atoms with Crippen LogP contribution in [0.15, 0.2) is 12.7 Å². The molecular weight excluding hydrogens is 196 g/mol. The first-order chi connectivity index (χ1) is 7.53. The van der Waals surface area contributed by atoms with Gasteiger partial charge >= 0.3 is 0 Å². The second-order valence-corrected chi connectivity index (χ2v) is 5.99. The lowest BCUT2D eigenvalue weighted by molar-refractivity contribution is 0.202. The average Bonchev–Trinajstić information content (AvgIpc) is 2.98. The number of nitrogens with zero attached hydrogens (tertiary/aromatic N) is 1. The van der Waals surface area contributed by atoms with Gasteiger partial charge in [-0.25, -0.2) is 0 Å². The van der Waals surface area contributed by atoms with E-state index in [1.54, 1.807) is 0 Å². The summed E-state index contributed by atoms with van der Waals surface area (Å²) < 4.78 is 0. The smallest absolute Gasteiger partial charge is 0.00684 e. The number of allylic oxidation sites excluding steroid dienone is 1. The van der Waals surface area contributed by atoms with Gasteiger partial charge in [0.2, 0.25) is 0 Å². The third-order valence-corrected chi connectivity index (χ3v) is 3.09. The summed E-state index contributed by atoms with van der Waals surface area (Å²) in [5.74, 6) is 0. The minimum atomic E-state index is 0.380. The summed E-state index contributed by atoms with van der Waals surface area (Å²) in [7, 11) is 2.22. The van der Waals surface area contributed by atoms with E-state index >= 15 is 0 Å². The molecule has 1 rings (SSSR count). The Hall–Kier alpha value is -0.340. The van der Waals surface area contributed by atoms with Gasteiger partial charge in [0.1, 0.15) is 0 Å². The Morgan fingerprint density at radius 3 is 2.69 bits per heavy atom. The Bertz CT molecular complexity index is 207. The van der Waals surface area contributed by atoms with Crippen LogP contribution in [0.2, 0.25) is 0 Å². The Balaban J connectivity index is 2.12. The van der Waals surface area contributed by atoms with Crippen LogP contribution in [0.1, 0.15) is 39.5 Å². The minimum absolute atomic E-state index is 0.380. The van der Waals surface area contributed by atoms with E-state index in [1.165, 1.54) is 32.4 Å². The van der Waals surface area contributed by atoms with E-state index in [0.29, 0.717) is 5.41 Å². The monoisotopic (exact) mass is 224 g/mol. The summed E-state index contributed by atoms with van der Waals surface area (Å²) in [6.45, 7) is 12.0. The Morgan fingerprint density at radius 1 is 1.44 bits per heavy atom. The molecule has 1 saturated carbocycles. The van der Waals surface area contributed by atoms with Gasteiger partial charge in [-0.2, -0.15) is 0 Å². The molecule has 0 amide bonds. The van der Waals surface area contributed by atoms with Gasteiger partial charge in [-0.05, 0) is 44.7 Å². The Labute approximate surface area is 101 Å². The molecule has 0 aromatic carbocycles. The van der Waals surface area contributed by atoms with Crippen LogP contribution in [0.25, 0.3) is 0 Å². The summed E-state index contributed by atoms with van der Waals surface area (Å²) in [4.78, 5) is 2.44. The van der Waals surface area contributed by atoms with Crippen molar-refractivity contribution in [3.05, 3.63) is 12.7 Å². The van der Waals surface area contributed by atoms with Crippen molar-refractivity contribution in [2.45, 2.75) is 45.6 Å². The summed E-state index contributed by atoms with van der Waals surface area (Å²) in [6, 6.07) is 0.824. The lowest BCUT2D eigenvalue weighted by Gasteiger charge is -2.30. The summed E-state index contributed by atoms with van der Waals surface area (Å²) >= 11 is 0. The molecule has 0 unspecified atom stereocenters. The highest BCUT2D eigenvalue weighted by Crippen LogP contribution is 2.22. The lowest BCUT2D eigenvalue weighted by Crippen LogP contribution is -2.39. The first kappa shape index (κ1) is 13.7. The zero-order chi connectivity index (χ0) is 12.0. The van der Waals surface area contributed by atoms with Gasteiger partial charge in [0.05, 0.1) is 0 Å². The minimum Gasteiger partial charge on any atom is -0.313 e. The van der Waals surface area contributed by atoms with Gasteiger partial charge in [-0.1, -0.05) is 19.9 Å². The SMILES string of the molecule is C=CCCCN(C)CC(C)(C)CNC1CC1. The van der Waals surface area contributed by atoms with Crippen LogP contribution >= 0.6 is 0 Å². The van der Waals surface area contributed by atoms with E-state index in [1.807, 2.05) is 6.08 Å². The first-order valence-corrected chi connectivity index (χ1v) is 6.56. The number of unbranched alkanes of at least 4 members (excludes halogenated alkanes) is 1. The molecule has 1 aliphatic rings. The fourth-order valence-electron chi connectivity index (χ4n) is 2.08. The molecule has 0 saturated heterocycles. The van der Waals surface area contributed by atoms with Gasteiger partial charge in [0.25, 0.3) is 0 Å². The fourth-order valence-corrected chi connectivity index (χ4v) is 2.08. The molecule has 1 N–H and O–H groups in total. The van der Waals surface area contributed by atoms with Gasteiger partial charge < -0.3 is 10.2 Å². The molecule has 94 valence electrons. The molecule has 2 heteroatoms. The van der Waals surface area contributed by atoms with Gasteiger partial charge in [0.15, 0.2) is 0 Å². The Morgan fingerprint density at radius 2 is 2.12 bits per heavy atom. The van der Waals surface area contributed by atoms with E-state index in [4.69, 9.17) is 0 Å². The standard InChI is InChI=1S/C14H28N2/c1-5-6-7-10-16(4)12-14(2,3)11-15-13-8-9-13/h5,13,15H,1,6-12H2,2-4H3. The molecule has 0 aromatic heterocycles. The zero-order valence-electron chi connectivity index (χ0n) is 11.3. The first-order valence-electron chi connectivity index (χ1n) is 6.56. The van der Waals surface area contributed by atoms with Gasteiger partial charge in [0, 0.05) is 19.1 Å². The van der Waals surface area contributed by atoms with Crippen LogP contribution in [0.5, 0.6) is 0 Å². The lowest BCUT2D eigenvalue weighted by atomic mass is 9.92. The average molecular weight is 224 g/mol. The molecule has 0 atom stereocenters. The van der Waals surface area contributed by atoms with Crippen LogP contribution in [0.4, 0.5) is 0 Å². The molecule has 2 nitrogen and oxygen atoms in total. The quantitative estimate of drug-likeness (QED) is 0.478. The van der Waals surface area contributed by atoms with E-state index in [2.05, 4.69) is 37.7 Å². The highest BCUT2D eigenvalue weighted by Gasteiger charge is 2.25. The van der Waals surface area contributed by atoms with Crippen LogP contribution in [0, 0.1) is 5.41 Å². The fraction of sp³-hybridized carbons (Fsp3) is 0.857. The molecular formula is C14H28N2. The van der Waals surface area contributed by atoms with Crippen LogP contribution in [-0.4, -0.2) is 37.6 Å². The van der Waals surface area contributed by atoms with E-state index in [-0.39, 0.29) is 0 Å². The van der Waals surface area contributed by atoms with Crippen LogP contribution in [0.3, 0.4) is 0 Å². The molecule has 16 heavy (non-hydrogen) atoms. The van der Waals surface area contributed by atoms with Crippen molar-refractivity contribution in [2.75, 3.05) is 26.7 Å². The van der Waals surface area contributed by atoms with Crippen molar-refractivity contribution < 1.29 is 0 Å². The highest BCUT2D eigenvalue weighted by molar-refractivity contribution is 4.85. The van der Waals surface area contributed by atoms with Crippen molar-refractivity contribution in [3.8, 4) is 0 Å².